The van der Waals surface area contributed by atoms with Gasteiger partial charge in [-0.3, -0.25) is 9.69 Å². The molecule has 2 fully saturated rings. The topological polar surface area (TPSA) is 110 Å². The first-order valence-electron chi connectivity index (χ1n) is 8.44. The van der Waals surface area contributed by atoms with Crippen molar-refractivity contribution in [3.63, 3.8) is 0 Å². The van der Waals surface area contributed by atoms with E-state index in [0.717, 1.165) is 11.5 Å². The zero-order valence-corrected chi connectivity index (χ0v) is 15.4. The van der Waals surface area contributed by atoms with Gasteiger partial charge in [0, 0.05) is 19.1 Å². The molecule has 9 nitrogen and oxygen atoms in total. The second kappa shape index (κ2) is 6.20. The lowest BCUT2D eigenvalue weighted by molar-refractivity contribution is 0.0277. The number of fused-ring (bicyclic) bond motifs is 1. The van der Waals surface area contributed by atoms with Gasteiger partial charge in [0.2, 0.25) is 0 Å². The van der Waals surface area contributed by atoms with Crippen molar-refractivity contribution in [1.82, 2.24) is 20.1 Å². The fourth-order valence-corrected chi connectivity index (χ4v) is 5.82. The number of aromatic nitrogens is 2. The lowest BCUT2D eigenvalue weighted by Crippen LogP contribution is -2.60. The largest absolute Gasteiger partial charge is 0.465 e. The van der Waals surface area contributed by atoms with E-state index in [-0.39, 0.29) is 29.1 Å². The number of sulfone groups is 1. The summed E-state index contributed by atoms with van der Waals surface area (Å²) in [7, 11) is -3.22. The summed E-state index contributed by atoms with van der Waals surface area (Å²) < 4.78 is 34.8. The minimum atomic E-state index is -3.22. The molecule has 2 aromatic rings. The van der Waals surface area contributed by atoms with E-state index in [2.05, 4.69) is 19.8 Å². The number of hydrogen-bond donors (Lipinski definition) is 0. The monoisotopic (exact) mass is 380 g/mol. The molecule has 26 heavy (non-hydrogen) atoms. The Hall–Kier alpha value is -2.20. The van der Waals surface area contributed by atoms with E-state index in [1.54, 1.807) is 11.8 Å². The number of nitrogens with zero attached hydrogens (tertiary/aromatic N) is 4. The van der Waals surface area contributed by atoms with E-state index in [0.29, 0.717) is 25.3 Å². The number of furan rings is 1. The Balaban J connectivity index is 1.59. The standard InChI is InChI=1S/C16H20N4O5S/c1-10-3-4-12(24-10)7-19-5-6-20(14-9-26(22,23)8-13(14)19)16(21)15-11(2)17-25-18-15/h3-4,13-14H,5-9H2,1-2H3/t13-,14+/m1/s1. The molecular weight excluding hydrogens is 360 g/mol. The predicted octanol–water partition coefficient (Wildman–Crippen LogP) is 0.403. The predicted molar refractivity (Wildman–Crippen MR) is 90.2 cm³/mol. The maximum Gasteiger partial charge on any atom is 0.278 e. The molecule has 140 valence electrons. The number of rotatable bonds is 3. The molecule has 2 atom stereocenters. The third-order valence-corrected chi connectivity index (χ3v) is 6.76. The highest BCUT2D eigenvalue weighted by molar-refractivity contribution is 7.91. The van der Waals surface area contributed by atoms with Crippen LogP contribution in [0.3, 0.4) is 0 Å². The SMILES string of the molecule is Cc1ccc(CN2CCN(C(=O)c3nonc3C)[C@H]3CS(=O)(=O)C[C@H]32)o1. The van der Waals surface area contributed by atoms with Crippen LogP contribution in [-0.2, 0) is 16.4 Å². The van der Waals surface area contributed by atoms with Gasteiger partial charge in [0.05, 0.1) is 24.1 Å². The van der Waals surface area contributed by atoms with Crippen LogP contribution in [-0.4, -0.2) is 71.1 Å². The summed E-state index contributed by atoms with van der Waals surface area (Å²) in [6.07, 6.45) is 0. The van der Waals surface area contributed by atoms with E-state index in [4.69, 9.17) is 4.42 Å². The summed E-state index contributed by atoms with van der Waals surface area (Å²) in [5.74, 6) is 1.28. The van der Waals surface area contributed by atoms with Crippen LogP contribution in [0.15, 0.2) is 21.2 Å². The van der Waals surface area contributed by atoms with Gasteiger partial charge in [-0.25, -0.2) is 13.0 Å². The summed E-state index contributed by atoms with van der Waals surface area (Å²) in [6.45, 7) is 5.02. The van der Waals surface area contributed by atoms with Gasteiger partial charge in [-0.2, -0.15) is 0 Å². The van der Waals surface area contributed by atoms with Crippen molar-refractivity contribution in [3.8, 4) is 0 Å². The van der Waals surface area contributed by atoms with Crippen LogP contribution in [0.4, 0.5) is 0 Å². The first-order chi connectivity index (χ1) is 12.3. The van der Waals surface area contributed by atoms with Crippen molar-refractivity contribution in [3.05, 3.63) is 35.0 Å². The number of carbonyl (C=O) groups is 1. The highest BCUT2D eigenvalue weighted by atomic mass is 32.2. The third-order valence-electron chi connectivity index (χ3n) is 5.06. The molecule has 10 heteroatoms. The smallest absolute Gasteiger partial charge is 0.278 e. The molecule has 0 unspecified atom stereocenters. The Labute approximate surface area is 150 Å². The number of amides is 1. The van der Waals surface area contributed by atoms with Crippen molar-refractivity contribution >= 4 is 15.7 Å². The van der Waals surface area contributed by atoms with Crippen molar-refractivity contribution in [2.45, 2.75) is 32.5 Å². The number of hydrogen-bond acceptors (Lipinski definition) is 8. The fourth-order valence-electron chi connectivity index (χ4n) is 3.81. The fraction of sp³-hybridized carbons (Fsp3) is 0.562. The van der Waals surface area contributed by atoms with Gasteiger partial charge in [0.25, 0.3) is 5.91 Å². The van der Waals surface area contributed by atoms with Crippen LogP contribution in [0.2, 0.25) is 0 Å². The maximum atomic E-state index is 12.8. The zero-order valence-electron chi connectivity index (χ0n) is 14.6. The van der Waals surface area contributed by atoms with Gasteiger partial charge in [-0.1, -0.05) is 5.16 Å². The van der Waals surface area contributed by atoms with Gasteiger partial charge in [0.15, 0.2) is 15.5 Å². The summed E-state index contributed by atoms with van der Waals surface area (Å²) in [6, 6.07) is 3.12. The van der Waals surface area contributed by atoms with Crippen molar-refractivity contribution < 1.29 is 22.3 Å². The average molecular weight is 380 g/mol. The van der Waals surface area contributed by atoms with Crippen LogP contribution in [0.1, 0.15) is 27.7 Å². The van der Waals surface area contributed by atoms with E-state index >= 15 is 0 Å². The second-order valence-corrected chi connectivity index (χ2v) is 9.05. The van der Waals surface area contributed by atoms with Gasteiger partial charge in [-0.15, -0.1) is 0 Å². The average Bonchev–Trinajstić information content (AvgIpc) is 3.25. The first-order valence-corrected chi connectivity index (χ1v) is 10.3. The molecule has 2 aromatic heterocycles. The quantitative estimate of drug-likeness (QED) is 0.753. The maximum absolute atomic E-state index is 12.8. The van der Waals surface area contributed by atoms with Crippen LogP contribution in [0, 0.1) is 13.8 Å². The highest BCUT2D eigenvalue weighted by Gasteiger charge is 2.48. The van der Waals surface area contributed by atoms with Crippen molar-refractivity contribution in [2.75, 3.05) is 24.6 Å². The number of piperazine rings is 1. The zero-order chi connectivity index (χ0) is 18.5. The molecule has 4 rings (SSSR count). The Kier molecular flexibility index (Phi) is 4.11. The first kappa shape index (κ1) is 17.2. The molecule has 2 aliphatic rings. The van der Waals surface area contributed by atoms with E-state index in [1.165, 1.54) is 0 Å². The summed E-state index contributed by atoms with van der Waals surface area (Å²) in [4.78, 5) is 16.5. The molecule has 0 aliphatic carbocycles. The van der Waals surface area contributed by atoms with Crippen molar-refractivity contribution in [2.24, 2.45) is 0 Å². The molecule has 0 bridgehead atoms. The molecule has 0 aromatic carbocycles. The molecule has 4 heterocycles. The van der Waals surface area contributed by atoms with Crippen LogP contribution in [0.5, 0.6) is 0 Å². The Bertz CT molecular complexity index is 934. The molecule has 2 aliphatic heterocycles. The van der Waals surface area contributed by atoms with E-state index < -0.39 is 15.9 Å². The van der Waals surface area contributed by atoms with Gasteiger partial charge < -0.3 is 9.32 Å². The number of carbonyl (C=O) groups excluding carboxylic acids is 1. The minimum absolute atomic E-state index is 0.0389. The summed E-state index contributed by atoms with van der Waals surface area (Å²) in [5.41, 5.74) is 0.545. The molecule has 0 spiro atoms. The lowest BCUT2D eigenvalue weighted by atomic mass is 10.0. The molecule has 2 saturated heterocycles. The summed E-state index contributed by atoms with van der Waals surface area (Å²) in [5, 5.41) is 7.32. The Morgan fingerprint density at radius 2 is 1.96 bits per heavy atom. The van der Waals surface area contributed by atoms with E-state index in [1.807, 2.05) is 19.1 Å². The third kappa shape index (κ3) is 3.03. The molecule has 0 radical (unpaired) electrons. The molecular formula is C16H20N4O5S. The van der Waals surface area contributed by atoms with Crippen LogP contribution < -0.4 is 0 Å². The Morgan fingerprint density at radius 3 is 2.62 bits per heavy atom. The molecule has 0 saturated carbocycles. The van der Waals surface area contributed by atoms with Crippen LogP contribution in [0.25, 0.3) is 0 Å². The number of aryl methyl sites for hydroxylation is 2. The normalized spacial score (nSPS) is 25.4. The van der Waals surface area contributed by atoms with Gasteiger partial charge in [0.1, 0.15) is 17.2 Å². The molecule has 0 N–H and O–H groups in total. The Morgan fingerprint density at radius 1 is 1.19 bits per heavy atom. The van der Waals surface area contributed by atoms with E-state index in [9.17, 15) is 13.2 Å². The van der Waals surface area contributed by atoms with Crippen LogP contribution >= 0.6 is 0 Å². The van der Waals surface area contributed by atoms with Gasteiger partial charge >= 0.3 is 0 Å². The van der Waals surface area contributed by atoms with Gasteiger partial charge in [-0.05, 0) is 31.1 Å². The second-order valence-electron chi connectivity index (χ2n) is 6.89. The lowest BCUT2D eigenvalue weighted by Gasteiger charge is -2.43. The highest BCUT2D eigenvalue weighted by Crippen LogP contribution is 2.29. The van der Waals surface area contributed by atoms with Crippen molar-refractivity contribution in [1.29, 1.82) is 0 Å². The summed E-state index contributed by atoms with van der Waals surface area (Å²) >= 11 is 0. The minimum Gasteiger partial charge on any atom is -0.465 e. The molecule has 1 amide bonds.